The lowest BCUT2D eigenvalue weighted by molar-refractivity contribution is -0.127. The number of carbonyl (C=O) groups is 2. The third-order valence-electron chi connectivity index (χ3n) is 3.03. The predicted octanol–water partition coefficient (Wildman–Crippen LogP) is 2.93. The Hall–Kier alpha value is -1.49. The number of anilines is 1. The smallest absolute Gasteiger partial charge is 0.234 e. The van der Waals surface area contributed by atoms with Crippen molar-refractivity contribution >= 4 is 29.3 Å². The van der Waals surface area contributed by atoms with E-state index in [9.17, 15) is 9.59 Å². The summed E-state index contributed by atoms with van der Waals surface area (Å²) in [5.41, 5.74) is 1.90. The van der Waals surface area contributed by atoms with E-state index < -0.39 is 0 Å². The predicted molar refractivity (Wildman–Crippen MR) is 89.7 cm³/mol. The number of carbonyl (C=O) groups excluding carboxylic acids is 2. The Morgan fingerprint density at radius 1 is 1.29 bits per heavy atom. The van der Waals surface area contributed by atoms with Crippen molar-refractivity contribution in [2.75, 3.05) is 30.4 Å². The van der Waals surface area contributed by atoms with E-state index in [-0.39, 0.29) is 11.8 Å². The van der Waals surface area contributed by atoms with Crippen LogP contribution in [0.5, 0.6) is 0 Å². The van der Waals surface area contributed by atoms with Gasteiger partial charge in [-0.25, -0.2) is 0 Å². The molecule has 4 nitrogen and oxygen atoms in total. The summed E-state index contributed by atoms with van der Waals surface area (Å²) in [5.74, 6) is 0.648. The zero-order valence-electron chi connectivity index (χ0n) is 13.0. The number of hydrogen-bond donors (Lipinski definition) is 1. The average molecular weight is 308 g/mol. The molecular weight excluding hydrogens is 284 g/mol. The fourth-order valence-electron chi connectivity index (χ4n) is 1.78. The van der Waals surface area contributed by atoms with Gasteiger partial charge in [0, 0.05) is 19.3 Å². The number of nitrogens with zero attached hydrogens (tertiary/aromatic N) is 1. The van der Waals surface area contributed by atoms with E-state index in [0.29, 0.717) is 11.5 Å². The van der Waals surface area contributed by atoms with Crippen molar-refractivity contribution in [2.24, 2.45) is 0 Å². The van der Waals surface area contributed by atoms with E-state index in [2.05, 4.69) is 12.2 Å². The number of hydrogen-bond acceptors (Lipinski definition) is 3. The van der Waals surface area contributed by atoms with Gasteiger partial charge in [0.1, 0.15) is 0 Å². The highest BCUT2D eigenvalue weighted by Crippen LogP contribution is 2.10. The second-order valence-electron chi connectivity index (χ2n) is 5.08. The van der Waals surface area contributed by atoms with Gasteiger partial charge in [-0.15, -0.1) is 11.8 Å². The molecule has 0 heterocycles. The molecule has 0 atom stereocenters. The summed E-state index contributed by atoms with van der Waals surface area (Å²) in [5, 5.41) is 2.84. The van der Waals surface area contributed by atoms with E-state index in [1.165, 1.54) is 11.8 Å². The molecular formula is C16H24N2O2S. The van der Waals surface area contributed by atoms with Gasteiger partial charge in [0.05, 0.1) is 11.5 Å². The summed E-state index contributed by atoms with van der Waals surface area (Å²) in [6, 6.07) is 7.67. The lowest BCUT2D eigenvalue weighted by Crippen LogP contribution is -2.29. The highest BCUT2D eigenvalue weighted by atomic mass is 32.2. The molecule has 21 heavy (non-hydrogen) atoms. The maximum atomic E-state index is 11.8. The summed E-state index contributed by atoms with van der Waals surface area (Å²) in [6.07, 6.45) is 2.09. The zero-order valence-corrected chi connectivity index (χ0v) is 13.8. The molecule has 5 heteroatoms. The molecule has 0 saturated carbocycles. The van der Waals surface area contributed by atoms with Crippen molar-refractivity contribution in [1.29, 1.82) is 0 Å². The molecule has 0 fully saturated rings. The van der Waals surface area contributed by atoms with Crippen LogP contribution in [0.15, 0.2) is 24.3 Å². The van der Waals surface area contributed by atoms with Crippen LogP contribution in [0.2, 0.25) is 0 Å². The number of nitrogens with one attached hydrogen (secondary N) is 1. The van der Waals surface area contributed by atoms with Crippen LogP contribution in [0.1, 0.15) is 25.3 Å². The van der Waals surface area contributed by atoms with Crippen molar-refractivity contribution in [3.05, 3.63) is 29.8 Å². The highest BCUT2D eigenvalue weighted by Gasteiger charge is 2.10. The molecule has 2 amide bonds. The first-order chi connectivity index (χ1) is 10.0. The number of benzene rings is 1. The Kier molecular flexibility index (Phi) is 7.90. The molecule has 0 bridgehead atoms. The third kappa shape index (κ3) is 7.18. The quantitative estimate of drug-likeness (QED) is 0.803. The van der Waals surface area contributed by atoms with Gasteiger partial charge in [0.25, 0.3) is 0 Å². The summed E-state index contributed by atoms with van der Waals surface area (Å²) in [4.78, 5) is 25.3. The minimum absolute atomic E-state index is 0.0744. The molecule has 0 aliphatic rings. The van der Waals surface area contributed by atoms with Gasteiger partial charge in [-0.3, -0.25) is 9.59 Å². The van der Waals surface area contributed by atoms with Gasteiger partial charge < -0.3 is 10.2 Å². The van der Waals surface area contributed by atoms with Gasteiger partial charge >= 0.3 is 0 Å². The second kappa shape index (κ2) is 9.45. The molecule has 1 aromatic carbocycles. The van der Waals surface area contributed by atoms with Crippen molar-refractivity contribution in [3.63, 3.8) is 0 Å². The Morgan fingerprint density at radius 2 is 2.05 bits per heavy atom. The molecule has 1 N–H and O–H groups in total. The van der Waals surface area contributed by atoms with E-state index >= 15 is 0 Å². The maximum Gasteiger partial charge on any atom is 0.234 e. The fourth-order valence-corrected chi connectivity index (χ4v) is 2.54. The van der Waals surface area contributed by atoms with Crippen molar-refractivity contribution in [2.45, 2.75) is 26.7 Å². The number of rotatable bonds is 8. The molecule has 0 aliphatic carbocycles. The normalized spacial score (nSPS) is 10.2. The van der Waals surface area contributed by atoms with E-state index in [4.69, 9.17) is 0 Å². The van der Waals surface area contributed by atoms with Gasteiger partial charge in [-0.2, -0.15) is 0 Å². The highest BCUT2D eigenvalue weighted by molar-refractivity contribution is 8.00. The average Bonchev–Trinajstić information content (AvgIpc) is 2.44. The van der Waals surface area contributed by atoms with Crippen LogP contribution in [0.4, 0.5) is 5.69 Å². The van der Waals surface area contributed by atoms with Crippen LogP contribution in [0.3, 0.4) is 0 Å². The maximum absolute atomic E-state index is 11.8. The van der Waals surface area contributed by atoms with Gasteiger partial charge in [0.15, 0.2) is 0 Å². The van der Waals surface area contributed by atoms with E-state index in [1.807, 2.05) is 38.2 Å². The standard InChI is InChI=1S/C16H24N2O2S/c1-4-5-9-18(3)16(20)12-21-11-15(19)17-14-8-6-7-13(2)10-14/h6-8,10H,4-5,9,11-12H2,1-3H3,(H,17,19). The molecule has 1 rings (SSSR count). The molecule has 0 saturated heterocycles. The van der Waals surface area contributed by atoms with Crippen molar-refractivity contribution < 1.29 is 9.59 Å². The summed E-state index contributed by atoms with van der Waals surface area (Å²) in [7, 11) is 1.81. The van der Waals surface area contributed by atoms with Crippen LogP contribution in [-0.4, -0.2) is 41.8 Å². The Labute approximate surface area is 131 Å². The van der Waals surface area contributed by atoms with Crippen molar-refractivity contribution in [1.82, 2.24) is 4.90 Å². The first-order valence-electron chi connectivity index (χ1n) is 7.21. The summed E-state index contributed by atoms with van der Waals surface area (Å²) in [6.45, 7) is 4.86. The monoisotopic (exact) mass is 308 g/mol. The SMILES string of the molecule is CCCCN(C)C(=O)CSCC(=O)Nc1cccc(C)c1. The Bertz CT molecular complexity index is 477. The zero-order chi connectivity index (χ0) is 15.7. The van der Waals surface area contributed by atoms with Crippen LogP contribution in [0.25, 0.3) is 0 Å². The molecule has 0 unspecified atom stereocenters. The number of thioether (sulfide) groups is 1. The lowest BCUT2D eigenvalue weighted by atomic mass is 10.2. The number of unbranched alkanes of at least 4 members (excludes halogenated alkanes) is 1. The van der Waals surface area contributed by atoms with Crippen LogP contribution in [-0.2, 0) is 9.59 Å². The van der Waals surface area contributed by atoms with Crippen molar-refractivity contribution in [3.8, 4) is 0 Å². The number of amides is 2. The molecule has 1 aromatic rings. The second-order valence-corrected chi connectivity index (χ2v) is 6.06. The first kappa shape index (κ1) is 17.6. The summed E-state index contributed by atoms with van der Waals surface area (Å²) >= 11 is 1.35. The molecule has 0 aromatic heterocycles. The number of aryl methyl sites for hydroxylation is 1. The topological polar surface area (TPSA) is 49.4 Å². The van der Waals surface area contributed by atoms with Crippen LogP contribution in [0, 0.1) is 6.92 Å². The fraction of sp³-hybridized carbons (Fsp3) is 0.500. The van der Waals surface area contributed by atoms with Crippen LogP contribution < -0.4 is 5.32 Å². The summed E-state index contributed by atoms with van der Waals surface area (Å²) < 4.78 is 0. The van der Waals surface area contributed by atoms with Gasteiger partial charge in [0.2, 0.25) is 11.8 Å². The molecule has 0 aliphatic heterocycles. The third-order valence-corrected chi connectivity index (χ3v) is 3.95. The van der Waals surface area contributed by atoms with Gasteiger partial charge in [-0.1, -0.05) is 25.5 Å². The first-order valence-corrected chi connectivity index (χ1v) is 8.36. The van der Waals surface area contributed by atoms with E-state index in [1.54, 1.807) is 4.90 Å². The minimum atomic E-state index is -0.0744. The van der Waals surface area contributed by atoms with Gasteiger partial charge in [-0.05, 0) is 31.0 Å². The largest absolute Gasteiger partial charge is 0.345 e. The molecule has 116 valence electrons. The lowest BCUT2D eigenvalue weighted by Gasteiger charge is -2.16. The molecule has 0 spiro atoms. The van der Waals surface area contributed by atoms with Crippen LogP contribution >= 0.6 is 11.8 Å². The van der Waals surface area contributed by atoms with E-state index in [0.717, 1.165) is 30.6 Å². The Balaban J connectivity index is 2.26. The molecule has 0 radical (unpaired) electrons. The Morgan fingerprint density at radius 3 is 2.71 bits per heavy atom. The minimum Gasteiger partial charge on any atom is -0.345 e.